The Kier molecular flexibility index (Phi) is 5.43. The number of aryl methyl sites for hydroxylation is 2. The summed E-state index contributed by atoms with van der Waals surface area (Å²) in [5, 5.41) is 11.2. The summed E-state index contributed by atoms with van der Waals surface area (Å²) in [5.41, 5.74) is 1.60. The zero-order valence-corrected chi connectivity index (χ0v) is 16.5. The topological polar surface area (TPSA) is 112 Å². The van der Waals surface area contributed by atoms with Crippen LogP contribution in [0.1, 0.15) is 55.0 Å². The average Bonchev–Trinajstić information content (AvgIpc) is 3.24. The number of fused-ring (bicyclic) bond motifs is 1. The van der Waals surface area contributed by atoms with Crippen LogP contribution in [0.3, 0.4) is 0 Å². The number of pyridine rings is 1. The molecule has 0 saturated carbocycles. The summed E-state index contributed by atoms with van der Waals surface area (Å²) in [5.74, 6) is -0.226. The van der Waals surface area contributed by atoms with Crippen LogP contribution in [0.25, 0.3) is 11.0 Å². The first kappa shape index (κ1) is 19.5. The van der Waals surface area contributed by atoms with Crippen molar-refractivity contribution in [3.63, 3.8) is 0 Å². The van der Waals surface area contributed by atoms with Gasteiger partial charge in [-0.2, -0.15) is 5.10 Å². The minimum absolute atomic E-state index is 0.0933. The molecule has 0 aliphatic carbocycles. The lowest BCUT2D eigenvalue weighted by Gasteiger charge is -2.15. The second-order valence-corrected chi connectivity index (χ2v) is 6.85. The molecule has 1 atom stereocenters. The Morgan fingerprint density at radius 3 is 2.64 bits per heavy atom. The molecule has 9 nitrogen and oxygen atoms in total. The Morgan fingerprint density at radius 1 is 1.29 bits per heavy atom. The molecule has 148 valence electrons. The van der Waals surface area contributed by atoms with Crippen molar-refractivity contribution in [3.05, 3.63) is 35.3 Å². The fourth-order valence-corrected chi connectivity index (χ4v) is 2.84. The van der Waals surface area contributed by atoms with Gasteiger partial charge in [0.15, 0.2) is 17.6 Å². The Bertz CT molecular complexity index is 1020. The van der Waals surface area contributed by atoms with Crippen LogP contribution >= 0.6 is 0 Å². The molecule has 1 N–H and O–H groups in total. The van der Waals surface area contributed by atoms with E-state index in [1.54, 1.807) is 43.8 Å². The normalized spacial score (nSPS) is 12.4. The molecule has 1 unspecified atom stereocenters. The maximum atomic E-state index is 12.8. The first-order valence-corrected chi connectivity index (χ1v) is 9.10. The van der Waals surface area contributed by atoms with E-state index in [4.69, 9.17) is 9.26 Å². The molecular formula is C19H23N5O4. The number of amides is 1. The van der Waals surface area contributed by atoms with E-state index in [0.717, 1.165) is 0 Å². The van der Waals surface area contributed by atoms with Gasteiger partial charge in [0.25, 0.3) is 5.91 Å². The number of hydrogen-bond donors (Lipinski definition) is 1. The van der Waals surface area contributed by atoms with Gasteiger partial charge >= 0.3 is 5.97 Å². The molecule has 0 aliphatic rings. The molecule has 0 radical (unpaired) electrons. The summed E-state index contributed by atoms with van der Waals surface area (Å²) in [6, 6.07) is 3.32. The van der Waals surface area contributed by atoms with Crippen molar-refractivity contribution >= 4 is 28.7 Å². The number of ether oxygens (including phenoxy) is 1. The van der Waals surface area contributed by atoms with Gasteiger partial charge in [-0.1, -0.05) is 12.1 Å². The van der Waals surface area contributed by atoms with Gasteiger partial charge in [-0.25, -0.2) is 14.5 Å². The van der Waals surface area contributed by atoms with Gasteiger partial charge < -0.3 is 14.6 Å². The average molecular weight is 385 g/mol. The predicted octanol–water partition coefficient (Wildman–Crippen LogP) is 3.19. The maximum absolute atomic E-state index is 12.8. The van der Waals surface area contributed by atoms with Crippen LogP contribution in [0.2, 0.25) is 0 Å². The Hall–Kier alpha value is -3.23. The van der Waals surface area contributed by atoms with Gasteiger partial charge in [-0.3, -0.25) is 4.79 Å². The number of nitrogens with one attached hydrogen (secondary N) is 1. The highest BCUT2D eigenvalue weighted by Crippen LogP contribution is 2.22. The number of carbonyl (C=O) groups is 2. The van der Waals surface area contributed by atoms with Crippen LogP contribution in [0, 0.1) is 13.8 Å². The molecule has 0 aliphatic heterocycles. The zero-order valence-electron chi connectivity index (χ0n) is 16.5. The fraction of sp³-hybridized carbons (Fsp3) is 0.421. The monoisotopic (exact) mass is 385 g/mol. The van der Waals surface area contributed by atoms with Gasteiger partial charge in [0.2, 0.25) is 0 Å². The Labute approximate surface area is 162 Å². The van der Waals surface area contributed by atoms with Crippen LogP contribution in [-0.4, -0.2) is 37.9 Å². The van der Waals surface area contributed by atoms with E-state index in [-0.39, 0.29) is 11.9 Å². The molecule has 1 amide bonds. The minimum Gasteiger partial charge on any atom is -0.449 e. The van der Waals surface area contributed by atoms with Crippen LogP contribution in [-0.2, 0) is 9.53 Å². The third-order valence-electron chi connectivity index (χ3n) is 4.20. The molecule has 0 bridgehead atoms. The molecule has 0 aromatic carbocycles. The van der Waals surface area contributed by atoms with Crippen molar-refractivity contribution in [1.29, 1.82) is 0 Å². The highest BCUT2D eigenvalue weighted by Gasteiger charge is 2.25. The number of esters is 1. The van der Waals surface area contributed by atoms with Gasteiger partial charge in [0.1, 0.15) is 5.76 Å². The molecule has 28 heavy (non-hydrogen) atoms. The van der Waals surface area contributed by atoms with E-state index in [0.29, 0.717) is 34.5 Å². The van der Waals surface area contributed by atoms with Crippen LogP contribution in [0.4, 0.5) is 5.82 Å². The minimum atomic E-state index is -0.965. The number of hydrogen-bond acceptors (Lipinski definition) is 7. The summed E-state index contributed by atoms with van der Waals surface area (Å²) < 4.78 is 12.2. The third-order valence-corrected chi connectivity index (χ3v) is 4.20. The molecule has 3 heterocycles. The smallest absolute Gasteiger partial charge is 0.339 e. The number of aromatic nitrogens is 4. The van der Waals surface area contributed by atoms with Crippen LogP contribution < -0.4 is 5.32 Å². The maximum Gasteiger partial charge on any atom is 0.339 e. The van der Waals surface area contributed by atoms with Crippen LogP contribution in [0.5, 0.6) is 0 Å². The summed E-state index contributed by atoms with van der Waals surface area (Å²) in [4.78, 5) is 29.8. The lowest BCUT2D eigenvalue weighted by atomic mass is 10.1. The fourth-order valence-electron chi connectivity index (χ4n) is 2.84. The number of anilines is 1. The lowest BCUT2D eigenvalue weighted by Crippen LogP contribution is -2.32. The second kappa shape index (κ2) is 7.79. The lowest BCUT2D eigenvalue weighted by molar-refractivity contribution is -0.124. The Balaban J connectivity index is 1.83. The first-order chi connectivity index (χ1) is 13.3. The molecule has 0 spiro atoms. The summed E-state index contributed by atoms with van der Waals surface area (Å²) in [6.45, 7) is 9.24. The third kappa shape index (κ3) is 3.88. The van der Waals surface area contributed by atoms with Gasteiger partial charge in [-0.15, -0.1) is 0 Å². The van der Waals surface area contributed by atoms with Crippen molar-refractivity contribution in [1.82, 2.24) is 19.9 Å². The molecule has 3 rings (SSSR count). The quantitative estimate of drug-likeness (QED) is 0.648. The first-order valence-electron chi connectivity index (χ1n) is 9.10. The van der Waals surface area contributed by atoms with E-state index in [2.05, 4.69) is 20.6 Å². The summed E-state index contributed by atoms with van der Waals surface area (Å²) in [6.07, 6.45) is 0.943. The number of carbonyl (C=O) groups excluding carboxylic acids is 2. The van der Waals surface area contributed by atoms with Crippen LogP contribution in [0.15, 0.2) is 22.9 Å². The molecular weight excluding hydrogens is 362 g/mol. The molecule has 3 aromatic rings. The van der Waals surface area contributed by atoms with Crippen molar-refractivity contribution in [2.45, 2.75) is 53.2 Å². The molecule has 9 heteroatoms. The largest absolute Gasteiger partial charge is 0.449 e. The molecule has 0 saturated heterocycles. The van der Waals surface area contributed by atoms with Gasteiger partial charge in [0.05, 0.1) is 17.1 Å². The SMILES string of the molecule is CCC(OC(=O)c1cc(C)nc2c1cnn2C(C)C)C(=O)Nc1cc(C)on1. The van der Waals surface area contributed by atoms with E-state index in [9.17, 15) is 9.59 Å². The standard InChI is InChI=1S/C19H23N5O4/c1-6-15(18(25)22-16-8-12(5)28-23-16)27-19(26)13-7-11(4)21-17-14(13)9-20-24(17)10(2)3/h7-10,15H,6H2,1-5H3,(H,22,23,25). The van der Waals surface area contributed by atoms with E-state index in [1.807, 2.05) is 13.8 Å². The second-order valence-electron chi connectivity index (χ2n) is 6.85. The van der Waals surface area contributed by atoms with Crippen molar-refractivity contribution in [2.75, 3.05) is 5.32 Å². The predicted molar refractivity (Wildman–Crippen MR) is 102 cm³/mol. The van der Waals surface area contributed by atoms with E-state index in [1.165, 1.54) is 0 Å². The highest BCUT2D eigenvalue weighted by molar-refractivity contribution is 6.04. The molecule has 3 aromatic heterocycles. The van der Waals surface area contributed by atoms with Crippen molar-refractivity contribution < 1.29 is 18.8 Å². The van der Waals surface area contributed by atoms with Gasteiger partial charge in [-0.05, 0) is 40.2 Å². The van der Waals surface area contributed by atoms with E-state index >= 15 is 0 Å². The van der Waals surface area contributed by atoms with E-state index < -0.39 is 18.0 Å². The summed E-state index contributed by atoms with van der Waals surface area (Å²) >= 11 is 0. The van der Waals surface area contributed by atoms with Gasteiger partial charge in [0, 0.05) is 17.8 Å². The van der Waals surface area contributed by atoms with Crippen molar-refractivity contribution in [2.24, 2.45) is 0 Å². The Morgan fingerprint density at radius 2 is 2.04 bits per heavy atom. The zero-order chi connectivity index (χ0) is 20.4. The number of rotatable bonds is 6. The molecule has 0 fully saturated rings. The van der Waals surface area contributed by atoms with Crippen molar-refractivity contribution in [3.8, 4) is 0 Å². The summed E-state index contributed by atoms with van der Waals surface area (Å²) in [7, 11) is 0. The highest BCUT2D eigenvalue weighted by atomic mass is 16.5. The number of nitrogens with zero attached hydrogens (tertiary/aromatic N) is 4.